The molecule has 0 aliphatic heterocycles. The molecule has 0 bridgehead atoms. The second kappa shape index (κ2) is 6.24. The van der Waals surface area contributed by atoms with Gasteiger partial charge in [-0.15, -0.1) is 0 Å². The summed E-state index contributed by atoms with van der Waals surface area (Å²) < 4.78 is 4.63. The maximum Gasteiger partial charge on any atom is 0.339 e. The molecular weight excluding hydrogens is 280 g/mol. The zero-order valence-corrected chi connectivity index (χ0v) is 11.9. The maximum atomic E-state index is 11.9. The average Bonchev–Trinajstić information content (AvgIpc) is 3.24. The van der Waals surface area contributed by atoms with Gasteiger partial charge in [-0.2, -0.15) is 0 Å². The van der Waals surface area contributed by atoms with Gasteiger partial charge in [-0.25, -0.2) is 4.79 Å². The minimum absolute atomic E-state index is 0.0950. The summed E-state index contributed by atoms with van der Waals surface area (Å²) in [5.74, 6) is -0.236. The highest BCUT2D eigenvalue weighted by molar-refractivity contribution is 6.33. The lowest BCUT2D eigenvalue weighted by Gasteiger charge is -2.11. The molecule has 1 aromatic carbocycles. The third kappa shape index (κ3) is 3.71. The number of esters is 1. The van der Waals surface area contributed by atoms with E-state index in [1.54, 1.807) is 12.1 Å². The highest BCUT2D eigenvalue weighted by atomic mass is 35.5. The van der Waals surface area contributed by atoms with Crippen molar-refractivity contribution >= 4 is 29.2 Å². The van der Waals surface area contributed by atoms with Crippen LogP contribution in [0.2, 0.25) is 5.02 Å². The number of ether oxygens (including phenoxy) is 1. The van der Waals surface area contributed by atoms with E-state index in [0.717, 1.165) is 12.8 Å². The third-order valence-corrected chi connectivity index (χ3v) is 3.63. The van der Waals surface area contributed by atoms with Crippen molar-refractivity contribution in [3.8, 4) is 0 Å². The topological polar surface area (TPSA) is 81.4 Å². The summed E-state index contributed by atoms with van der Waals surface area (Å²) in [6, 6.07) is 4.58. The largest absolute Gasteiger partial charge is 0.465 e. The van der Waals surface area contributed by atoms with Gasteiger partial charge in [0.05, 0.1) is 17.7 Å². The van der Waals surface area contributed by atoms with Crippen molar-refractivity contribution in [1.29, 1.82) is 0 Å². The van der Waals surface area contributed by atoms with Crippen molar-refractivity contribution in [3.63, 3.8) is 0 Å². The number of hydrogen-bond donors (Lipinski definition) is 2. The van der Waals surface area contributed by atoms with Gasteiger partial charge in [0.2, 0.25) is 5.91 Å². The summed E-state index contributed by atoms with van der Waals surface area (Å²) in [7, 11) is 1.28. The van der Waals surface area contributed by atoms with Gasteiger partial charge in [-0.05, 0) is 37.0 Å². The summed E-state index contributed by atoms with van der Waals surface area (Å²) in [4.78, 5) is 23.4. The van der Waals surface area contributed by atoms with Gasteiger partial charge in [-0.3, -0.25) is 4.79 Å². The highest BCUT2D eigenvalue weighted by Crippen LogP contribution is 2.33. The van der Waals surface area contributed by atoms with Gasteiger partial charge in [0.1, 0.15) is 0 Å². The van der Waals surface area contributed by atoms with Crippen LogP contribution in [0.25, 0.3) is 0 Å². The number of nitrogens with two attached hydrogens (primary N) is 1. The summed E-state index contributed by atoms with van der Waals surface area (Å²) in [5, 5.41) is 3.00. The lowest BCUT2D eigenvalue weighted by molar-refractivity contribution is -0.116. The van der Waals surface area contributed by atoms with Crippen LogP contribution in [0.3, 0.4) is 0 Å². The Labute approximate surface area is 122 Å². The van der Waals surface area contributed by atoms with Crippen LogP contribution in [0.5, 0.6) is 0 Å². The van der Waals surface area contributed by atoms with E-state index in [0.29, 0.717) is 11.6 Å². The fourth-order valence-corrected chi connectivity index (χ4v) is 2.18. The first-order valence-electron chi connectivity index (χ1n) is 6.44. The van der Waals surface area contributed by atoms with E-state index in [2.05, 4.69) is 10.1 Å². The van der Waals surface area contributed by atoms with Crippen LogP contribution in [0, 0.1) is 5.92 Å². The lowest BCUT2D eigenvalue weighted by atomic mass is 10.1. The SMILES string of the molecule is COC(=O)c1cc(NC(=O)CC(N)C2CC2)ccc1Cl. The van der Waals surface area contributed by atoms with Gasteiger partial charge in [0, 0.05) is 18.2 Å². The van der Waals surface area contributed by atoms with Crippen LogP contribution >= 0.6 is 11.6 Å². The van der Waals surface area contributed by atoms with Crippen LogP contribution in [0.1, 0.15) is 29.6 Å². The second-order valence-electron chi connectivity index (χ2n) is 4.94. The van der Waals surface area contributed by atoms with E-state index >= 15 is 0 Å². The first kappa shape index (κ1) is 14.8. The standard InChI is InChI=1S/C14H17ClN2O3/c1-20-14(19)10-6-9(4-5-11(10)15)17-13(18)7-12(16)8-2-3-8/h4-6,8,12H,2-3,7,16H2,1H3,(H,17,18). The molecule has 0 saturated heterocycles. The zero-order chi connectivity index (χ0) is 14.7. The fourth-order valence-electron chi connectivity index (χ4n) is 1.99. The molecule has 1 aromatic rings. The minimum Gasteiger partial charge on any atom is -0.465 e. The number of carbonyl (C=O) groups excluding carboxylic acids is 2. The van der Waals surface area contributed by atoms with Gasteiger partial charge in [0.25, 0.3) is 0 Å². The monoisotopic (exact) mass is 296 g/mol. The number of methoxy groups -OCH3 is 1. The molecule has 1 atom stereocenters. The molecule has 6 heteroatoms. The van der Waals surface area contributed by atoms with Crippen LogP contribution in [-0.2, 0) is 9.53 Å². The van der Waals surface area contributed by atoms with Gasteiger partial charge in [0.15, 0.2) is 0 Å². The smallest absolute Gasteiger partial charge is 0.339 e. The van der Waals surface area contributed by atoms with Crippen LogP contribution < -0.4 is 11.1 Å². The van der Waals surface area contributed by atoms with E-state index < -0.39 is 5.97 Å². The van der Waals surface area contributed by atoms with Crippen molar-refractivity contribution < 1.29 is 14.3 Å². The molecule has 1 aliphatic carbocycles. The van der Waals surface area contributed by atoms with Crippen LogP contribution in [-0.4, -0.2) is 25.0 Å². The molecule has 1 unspecified atom stereocenters. The van der Waals surface area contributed by atoms with Crippen molar-refractivity contribution in [1.82, 2.24) is 0 Å². The molecule has 0 aromatic heterocycles. The Kier molecular flexibility index (Phi) is 4.62. The van der Waals surface area contributed by atoms with E-state index in [1.165, 1.54) is 13.2 Å². The Bertz CT molecular complexity index is 529. The molecule has 20 heavy (non-hydrogen) atoms. The Morgan fingerprint density at radius 1 is 1.50 bits per heavy atom. The predicted octanol–water partition coefficient (Wildman–Crippen LogP) is 2.19. The minimum atomic E-state index is -0.541. The fraction of sp³-hybridized carbons (Fsp3) is 0.429. The van der Waals surface area contributed by atoms with Crippen LogP contribution in [0.15, 0.2) is 18.2 Å². The molecule has 1 saturated carbocycles. The number of hydrogen-bond acceptors (Lipinski definition) is 4. The van der Waals surface area contributed by atoms with E-state index in [1.807, 2.05) is 0 Å². The first-order valence-corrected chi connectivity index (χ1v) is 6.82. The number of nitrogens with one attached hydrogen (secondary N) is 1. The lowest BCUT2D eigenvalue weighted by Crippen LogP contribution is -2.28. The Morgan fingerprint density at radius 3 is 2.80 bits per heavy atom. The van der Waals surface area contributed by atoms with E-state index in [4.69, 9.17) is 17.3 Å². The van der Waals surface area contributed by atoms with Crippen molar-refractivity contribution in [3.05, 3.63) is 28.8 Å². The third-order valence-electron chi connectivity index (χ3n) is 3.30. The molecule has 0 heterocycles. The number of rotatable bonds is 5. The zero-order valence-electron chi connectivity index (χ0n) is 11.2. The summed E-state index contributed by atoms with van der Waals surface area (Å²) in [6.07, 6.45) is 2.48. The summed E-state index contributed by atoms with van der Waals surface area (Å²) in [5.41, 5.74) is 6.62. The van der Waals surface area contributed by atoms with Crippen LogP contribution in [0.4, 0.5) is 5.69 Å². The molecule has 3 N–H and O–H groups in total. The number of benzene rings is 1. The molecule has 1 amide bonds. The number of amides is 1. The maximum absolute atomic E-state index is 11.9. The van der Waals surface area contributed by atoms with Crippen molar-refractivity contribution in [2.75, 3.05) is 12.4 Å². The summed E-state index contributed by atoms with van der Waals surface area (Å²) >= 11 is 5.91. The van der Waals surface area contributed by atoms with E-state index in [-0.39, 0.29) is 29.0 Å². The second-order valence-corrected chi connectivity index (χ2v) is 5.35. The molecule has 1 fully saturated rings. The predicted molar refractivity (Wildman–Crippen MR) is 76.7 cm³/mol. The Hall–Kier alpha value is -1.59. The van der Waals surface area contributed by atoms with E-state index in [9.17, 15) is 9.59 Å². The average molecular weight is 297 g/mol. The Balaban J connectivity index is 2.01. The van der Waals surface area contributed by atoms with Gasteiger partial charge < -0.3 is 15.8 Å². The normalized spacial score (nSPS) is 15.6. The van der Waals surface area contributed by atoms with Gasteiger partial charge >= 0.3 is 5.97 Å². The molecule has 0 spiro atoms. The molecular formula is C14H17ClN2O3. The molecule has 0 radical (unpaired) electrons. The molecule has 5 nitrogen and oxygen atoms in total. The first-order chi connectivity index (χ1) is 9.51. The van der Waals surface area contributed by atoms with Crippen molar-refractivity contribution in [2.24, 2.45) is 11.7 Å². The number of anilines is 1. The molecule has 2 rings (SSSR count). The number of halogens is 1. The molecule has 1 aliphatic rings. The number of carbonyl (C=O) groups is 2. The van der Waals surface area contributed by atoms with Crippen molar-refractivity contribution in [2.45, 2.75) is 25.3 Å². The van der Waals surface area contributed by atoms with Gasteiger partial charge in [-0.1, -0.05) is 11.6 Å². The quantitative estimate of drug-likeness (QED) is 0.816. The Morgan fingerprint density at radius 2 is 2.20 bits per heavy atom. The highest BCUT2D eigenvalue weighted by Gasteiger charge is 2.29. The summed E-state index contributed by atoms with van der Waals surface area (Å²) in [6.45, 7) is 0. The molecule has 108 valence electrons.